The molecule has 0 amide bonds. The number of rotatable bonds is 5. The molecule has 0 unspecified atom stereocenters. The van der Waals surface area contributed by atoms with Crippen molar-refractivity contribution < 1.29 is 9.50 Å². The van der Waals surface area contributed by atoms with Crippen LogP contribution in [0.5, 0.6) is 0 Å². The van der Waals surface area contributed by atoms with Gasteiger partial charge in [-0.15, -0.1) is 0 Å². The Bertz CT molecular complexity index is 563. The van der Waals surface area contributed by atoms with Crippen molar-refractivity contribution in [3.63, 3.8) is 0 Å². The molecule has 2 rings (SSSR count). The van der Waals surface area contributed by atoms with Crippen molar-refractivity contribution in [3.8, 4) is 0 Å². The summed E-state index contributed by atoms with van der Waals surface area (Å²) in [6.45, 7) is 4.42. The fourth-order valence-electron chi connectivity index (χ4n) is 2.37. The number of aliphatic hydroxyl groups is 1. The molecule has 0 spiro atoms. The Kier molecular flexibility index (Phi) is 4.32. The maximum absolute atomic E-state index is 13.7. The van der Waals surface area contributed by atoms with Crippen LogP contribution in [0.3, 0.4) is 0 Å². The average molecular weight is 262 g/mol. The Morgan fingerprint density at radius 2 is 1.95 bits per heavy atom. The fourth-order valence-corrected chi connectivity index (χ4v) is 2.37. The number of benzene rings is 1. The van der Waals surface area contributed by atoms with Crippen molar-refractivity contribution in [1.82, 2.24) is 9.78 Å². The van der Waals surface area contributed by atoms with Crippen molar-refractivity contribution in [3.05, 3.63) is 52.6 Å². The molecule has 4 heteroatoms. The Hall–Kier alpha value is -1.68. The van der Waals surface area contributed by atoms with Crippen LogP contribution in [-0.2, 0) is 26.0 Å². The number of hydrogen-bond acceptors (Lipinski definition) is 2. The van der Waals surface area contributed by atoms with E-state index in [1.54, 1.807) is 12.1 Å². The molecule has 0 radical (unpaired) electrons. The van der Waals surface area contributed by atoms with E-state index >= 15 is 0 Å². The van der Waals surface area contributed by atoms with E-state index in [4.69, 9.17) is 0 Å². The summed E-state index contributed by atoms with van der Waals surface area (Å²) in [5.41, 5.74) is 3.39. The normalized spacial score (nSPS) is 10.9. The zero-order valence-corrected chi connectivity index (χ0v) is 11.4. The lowest BCUT2D eigenvalue weighted by Crippen LogP contribution is -2.08. The van der Waals surface area contributed by atoms with E-state index in [2.05, 4.69) is 5.10 Å². The Morgan fingerprint density at radius 3 is 2.53 bits per heavy atom. The van der Waals surface area contributed by atoms with Gasteiger partial charge in [0.1, 0.15) is 5.82 Å². The van der Waals surface area contributed by atoms with Gasteiger partial charge in [0.15, 0.2) is 0 Å². The van der Waals surface area contributed by atoms with Gasteiger partial charge in [-0.2, -0.15) is 5.10 Å². The largest absolute Gasteiger partial charge is 0.392 e. The summed E-state index contributed by atoms with van der Waals surface area (Å²) < 4.78 is 15.5. The first-order valence-corrected chi connectivity index (χ1v) is 6.62. The van der Waals surface area contributed by atoms with Crippen LogP contribution in [0.15, 0.2) is 24.3 Å². The van der Waals surface area contributed by atoms with E-state index in [1.165, 1.54) is 6.07 Å². The van der Waals surface area contributed by atoms with Crippen molar-refractivity contribution >= 4 is 0 Å². The summed E-state index contributed by atoms with van der Waals surface area (Å²) in [5, 5.41) is 14.0. The molecule has 0 aliphatic heterocycles. The highest BCUT2D eigenvalue weighted by molar-refractivity contribution is 5.27. The van der Waals surface area contributed by atoms with Gasteiger partial charge in [0.25, 0.3) is 0 Å². The van der Waals surface area contributed by atoms with Crippen molar-refractivity contribution in [1.29, 1.82) is 0 Å². The van der Waals surface area contributed by atoms with Crippen molar-refractivity contribution in [2.24, 2.45) is 0 Å². The third-order valence-electron chi connectivity index (χ3n) is 3.36. The molecule has 0 saturated heterocycles. The second-order valence-electron chi connectivity index (χ2n) is 4.49. The van der Waals surface area contributed by atoms with Crippen molar-refractivity contribution in [2.75, 3.05) is 0 Å². The van der Waals surface area contributed by atoms with Crippen LogP contribution in [0.2, 0.25) is 0 Å². The molecule has 0 saturated carbocycles. The second kappa shape index (κ2) is 5.97. The molecule has 3 nitrogen and oxygen atoms in total. The molecule has 1 aromatic heterocycles. The predicted molar refractivity (Wildman–Crippen MR) is 72.4 cm³/mol. The second-order valence-corrected chi connectivity index (χ2v) is 4.49. The first-order valence-electron chi connectivity index (χ1n) is 6.62. The lowest BCUT2D eigenvalue weighted by atomic mass is 10.1. The molecule has 0 aliphatic rings. The number of aliphatic hydroxyl groups excluding tert-OH is 1. The monoisotopic (exact) mass is 262 g/mol. The lowest BCUT2D eigenvalue weighted by Gasteiger charge is -2.08. The SMILES string of the molecule is CCc1nn(Cc2ccccc2F)c(CC)c1CO. The Morgan fingerprint density at radius 1 is 1.21 bits per heavy atom. The quantitative estimate of drug-likeness (QED) is 0.899. The van der Waals surface area contributed by atoms with E-state index in [0.29, 0.717) is 12.1 Å². The predicted octanol–water partition coefficient (Wildman–Crippen LogP) is 2.69. The first-order chi connectivity index (χ1) is 9.21. The minimum Gasteiger partial charge on any atom is -0.392 e. The average Bonchev–Trinajstić information content (AvgIpc) is 2.78. The molecule has 0 aliphatic carbocycles. The highest BCUT2D eigenvalue weighted by atomic mass is 19.1. The van der Waals surface area contributed by atoms with Crippen LogP contribution in [0, 0.1) is 5.82 Å². The molecule has 1 aromatic carbocycles. The van der Waals surface area contributed by atoms with E-state index in [0.717, 1.165) is 29.8 Å². The highest BCUT2D eigenvalue weighted by Crippen LogP contribution is 2.18. The Labute approximate surface area is 112 Å². The summed E-state index contributed by atoms with van der Waals surface area (Å²) in [6.07, 6.45) is 1.55. The van der Waals surface area contributed by atoms with Crippen LogP contribution in [0.4, 0.5) is 4.39 Å². The Balaban J connectivity index is 2.40. The number of aromatic nitrogens is 2. The highest BCUT2D eigenvalue weighted by Gasteiger charge is 2.15. The van der Waals surface area contributed by atoms with Gasteiger partial charge in [-0.3, -0.25) is 4.68 Å². The van der Waals surface area contributed by atoms with Crippen LogP contribution >= 0.6 is 0 Å². The fraction of sp³-hybridized carbons (Fsp3) is 0.400. The maximum atomic E-state index is 13.7. The molecule has 102 valence electrons. The zero-order chi connectivity index (χ0) is 13.8. The van der Waals surface area contributed by atoms with Gasteiger partial charge in [-0.25, -0.2) is 4.39 Å². The molecule has 0 atom stereocenters. The zero-order valence-electron chi connectivity index (χ0n) is 11.4. The molecular formula is C15H19FN2O. The van der Waals surface area contributed by atoms with Crippen molar-refractivity contribution in [2.45, 2.75) is 39.8 Å². The van der Waals surface area contributed by atoms with Crippen LogP contribution in [-0.4, -0.2) is 14.9 Å². The van der Waals surface area contributed by atoms with Gasteiger partial charge in [-0.05, 0) is 18.9 Å². The topological polar surface area (TPSA) is 38.0 Å². The molecule has 1 N–H and O–H groups in total. The first kappa shape index (κ1) is 13.7. The maximum Gasteiger partial charge on any atom is 0.128 e. The van der Waals surface area contributed by atoms with E-state index in [-0.39, 0.29) is 12.4 Å². The molecule has 0 fully saturated rings. The number of hydrogen-bond donors (Lipinski definition) is 1. The van der Waals surface area contributed by atoms with Gasteiger partial charge in [0, 0.05) is 16.8 Å². The van der Waals surface area contributed by atoms with Crippen LogP contribution < -0.4 is 0 Å². The van der Waals surface area contributed by atoms with Gasteiger partial charge < -0.3 is 5.11 Å². The molecule has 0 bridgehead atoms. The van der Waals surface area contributed by atoms with E-state index < -0.39 is 0 Å². The van der Waals surface area contributed by atoms with E-state index in [9.17, 15) is 9.50 Å². The third kappa shape index (κ3) is 2.68. The van der Waals surface area contributed by atoms with Gasteiger partial charge in [0.05, 0.1) is 18.8 Å². The van der Waals surface area contributed by atoms with Gasteiger partial charge >= 0.3 is 0 Å². The molecule has 19 heavy (non-hydrogen) atoms. The van der Waals surface area contributed by atoms with Crippen LogP contribution in [0.1, 0.15) is 36.4 Å². The molecular weight excluding hydrogens is 243 g/mol. The van der Waals surface area contributed by atoms with Gasteiger partial charge in [0.2, 0.25) is 0 Å². The molecule has 1 heterocycles. The standard InChI is InChI=1S/C15H19FN2O/c1-3-14-12(10-19)15(4-2)18(17-14)9-11-7-5-6-8-13(11)16/h5-8,19H,3-4,9-10H2,1-2H3. The van der Waals surface area contributed by atoms with Crippen LogP contribution in [0.25, 0.3) is 0 Å². The minimum atomic E-state index is -0.219. The summed E-state index contributed by atoms with van der Waals surface area (Å²) in [6, 6.07) is 6.72. The smallest absolute Gasteiger partial charge is 0.128 e. The molecule has 2 aromatic rings. The number of aryl methyl sites for hydroxylation is 1. The summed E-state index contributed by atoms with van der Waals surface area (Å²) in [7, 11) is 0. The lowest BCUT2D eigenvalue weighted by molar-refractivity contribution is 0.279. The number of nitrogens with zero attached hydrogens (tertiary/aromatic N) is 2. The summed E-state index contributed by atoms with van der Waals surface area (Å²) in [5.74, 6) is -0.219. The third-order valence-corrected chi connectivity index (χ3v) is 3.36. The van der Waals surface area contributed by atoms with Gasteiger partial charge in [-0.1, -0.05) is 32.0 Å². The summed E-state index contributed by atoms with van der Waals surface area (Å²) in [4.78, 5) is 0. The minimum absolute atomic E-state index is 0.0103. The summed E-state index contributed by atoms with van der Waals surface area (Å²) >= 11 is 0. The number of halogens is 1. The van der Waals surface area contributed by atoms with E-state index in [1.807, 2.05) is 24.6 Å².